The smallest absolute Gasteiger partial charge is 0.0874 e. The molecule has 3 rings (SSSR count). The summed E-state index contributed by atoms with van der Waals surface area (Å²) in [5, 5.41) is 23.1. The minimum absolute atomic E-state index is 0.116. The van der Waals surface area contributed by atoms with Gasteiger partial charge in [-0.05, 0) is 16.7 Å². The Hall–Kier alpha value is -3.38. The van der Waals surface area contributed by atoms with Crippen molar-refractivity contribution < 1.29 is 5.21 Å². The van der Waals surface area contributed by atoms with Crippen LogP contribution in [-0.2, 0) is 0 Å². The van der Waals surface area contributed by atoms with Crippen molar-refractivity contribution in [1.29, 1.82) is 5.26 Å². The van der Waals surface area contributed by atoms with Crippen LogP contribution in [0.2, 0.25) is 0 Å². The highest BCUT2D eigenvalue weighted by Gasteiger charge is 2.27. The molecule has 0 aliphatic rings. The Morgan fingerprint density at radius 3 is 1.81 bits per heavy atom. The van der Waals surface area contributed by atoms with Crippen LogP contribution in [0.15, 0.2) is 96.2 Å². The van der Waals surface area contributed by atoms with Gasteiger partial charge in [-0.1, -0.05) is 96.2 Å². The van der Waals surface area contributed by atoms with Gasteiger partial charge in [-0.2, -0.15) is 5.26 Å². The molecule has 3 aromatic carbocycles. The van der Waals surface area contributed by atoms with E-state index in [2.05, 4.69) is 11.2 Å². The lowest BCUT2D eigenvalue weighted by Crippen LogP contribution is -2.15. The van der Waals surface area contributed by atoms with Crippen molar-refractivity contribution in [2.75, 3.05) is 0 Å². The van der Waals surface area contributed by atoms with Gasteiger partial charge >= 0.3 is 0 Å². The summed E-state index contributed by atoms with van der Waals surface area (Å²) in [6, 6.07) is 31.8. The summed E-state index contributed by atoms with van der Waals surface area (Å²) in [4.78, 5) is 0. The van der Waals surface area contributed by atoms with Crippen LogP contribution in [0.4, 0.5) is 0 Å². The minimum Gasteiger partial charge on any atom is -0.411 e. The Balaban J connectivity index is 2.00. The molecule has 2 unspecified atom stereocenters. The van der Waals surface area contributed by atoms with Crippen molar-refractivity contribution in [2.24, 2.45) is 5.16 Å². The van der Waals surface area contributed by atoms with E-state index in [1.165, 1.54) is 0 Å². The van der Waals surface area contributed by atoms with Gasteiger partial charge in [-0.3, -0.25) is 0 Å². The molecule has 0 radical (unpaired) electrons. The van der Waals surface area contributed by atoms with Crippen LogP contribution < -0.4 is 0 Å². The van der Waals surface area contributed by atoms with Crippen molar-refractivity contribution in [2.45, 2.75) is 18.3 Å². The SMILES string of the molecule is N#CC(c1ccccc1)C(C/C(=N/O)c1ccccc1)c1ccccc1. The second-order valence-corrected chi connectivity index (χ2v) is 6.15. The summed E-state index contributed by atoms with van der Waals surface area (Å²) < 4.78 is 0. The summed E-state index contributed by atoms with van der Waals surface area (Å²) >= 11 is 0. The number of nitrogens with zero attached hydrogens (tertiary/aromatic N) is 2. The van der Waals surface area contributed by atoms with Crippen molar-refractivity contribution in [3.05, 3.63) is 108 Å². The lowest BCUT2D eigenvalue weighted by atomic mass is 9.78. The predicted molar refractivity (Wildman–Crippen MR) is 103 cm³/mol. The Bertz CT molecular complexity index is 884. The molecular formula is C23H20N2O. The van der Waals surface area contributed by atoms with Crippen LogP contribution >= 0.6 is 0 Å². The third-order valence-corrected chi connectivity index (χ3v) is 4.57. The van der Waals surface area contributed by atoms with Gasteiger partial charge in [0, 0.05) is 12.3 Å². The highest BCUT2D eigenvalue weighted by molar-refractivity contribution is 6.00. The lowest BCUT2D eigenvalue weighted by Gasteiger charge is -2.23. The molecule has 0 aromatic heterocycles. The Labute approximate surface area is 153 Å². The van der Waals surface area contributed by atoms with Gasteiger partial charge in [0.15, 0.2) is 0 Å². The molecule has 0 bridgehead atoms. The molecule has 3 heteroatoms. The molecule has 0 spiro atoms. The molecule has 3 aromatic rings. The van der Waals surface area contributed by atoms with Gasteiger partial charge < -0.3 is 5.21 Å². The fourth-order valence-corrected chi connectivity index (χ4v) is 3.24. The van der Waals surface area contributed by atoms with Crippen molar-refractivity contribution in [3.63, 3.8) is 0 Å². The Kier molecular flexibility index (Phi) is 5.80. The normalized spacial score (nSPS) is 13.6. The van der Waals surface area contributed by atoms with Crippen molar-refractivity contribution in [3.8, 4) is 6.07 Å². The van der Waals surface area contributed by atoms with E-state index >= 15 is 0 Å². The van der Waals surface area contributed by atoms with Gasteiger partial charge in [0.2, 0.25) is 0 Å². The molecular weight excluding hydrogens is 320 g/mol. The number of nitriles is 1. The minimum atomic E-state index is -0.334. The van der Waals surface area contributed by atoms with Crippen LogP contribution in [0.5, 0.6) is 0 Å². The Morgan fingerprint density at radius 1 is 0.808 bits per heavy atom. The molecule has 0 heterocycles. The van der Waals surface area contributed by atoms with E-state index in [9.17, 15) is 10.5 Å². The van der Waals surface area contributed by atoms with Crippen molar-refractivity contribution in [1.82, 2.24) is 0 Å². The van der Waals surface area contributed by atoms with Gasteiger partial charge in [0.25, 0.3) is 0 Å². The first-order valence-corrected chi connectivity index (χ1v) is 8.59. The van der Waals surface area contributed by atoms with E-state index in [0.29, 0.717) is 12.1 Å². The molecule has 0 saturated carbocycles. The second-order valence-electron chi connectivity index (χ2n) is 6.15. The molecule has 0 saturated heterocycles. The first-order chi connectivity index (χ1) is 12.8. The molecule has 1 N–H and O–H groups in total. The third kappa shape index (κ3) is 3.99. The molecule has 128 valence electrons. The van der Waals surface area contributed by atoms with Gasteiger partial charge in [-0.15, -0.1) is 0 Å². The monoisotopic (exact) mass is 340 g/mol. The summed E-state index contributed by atoms with van der Waals surface area (Å²) in [7, 11) is 0. The van der Waals surface area contributed by atoms with Gasteiger partial charge in [0.05, 0.1) is 17.7 Å². The maximum absolute atomic E-state index is 9.91. The standard InChI is InChI=1S/C23H20N2O/c24-17-22(19-12-6-2-7-13-19)21(18-10-4-1-5-11-18)16-23(25-26)20-14-8-3-9-15-20/h1-15,21-22,26H,16H2/b25-23-. The first kappa shape index (κ1) is 17.4. The molecule has 26 heavy (non-hydrogen) atoms. The van der Waals surface area contributed by atoms with E-state index in [4.69, 9.17) is 0 Å². The maximum atomic E-state index is 9.91. The van der Waals surface area contributed by atoms with Crippen molar-refractivity contribution >= 4 is 5.71 Å². The fourth-order valence-electron chi connectivity index (χ4n) is 3.24. The van der Waals surface area contributed by atoms with Crippen LogP contribution in [0, 0.1) is 11.3 Å². The molecule has 0 aliphatic carbocycles. The zero-order chi connectivity index (χ0) is 18.2. The highest BCUT2D eigenvalue weighted by Crippen LogP contribution is 2.36. The molecule has 0 fully saturated rings. The summed E-state index contributed by atoms with van der Waals surface area (Å²) in [5.74, 6) is -0.450. The van der Waals surface area contributed by atoms with E-state index in [1.807, 2.05) is 91.0 Å². The Morgan fingerprint density at radius 2 is 1.31 bits per heavy atom. The predicted octanol–water partition coefficient (Wildman–Crippen LogP) is 5.35. The van der Waals surface area contributed by atoms with Crippen LogP contribution in [-0.4, -0.2) is 10.9 Å². The number of hydrogen-bond acceptors (Lipinski definition) is 3. The molecule has 0 aliphatic heterocycles. The quantitative estimate of drug-likeness (QED) is 0.374. The number of oxime groups is 1. The highest BCUT2D eigenvalue weighted by atomic mass is 16.4. The number of benzene rings is 3. The van der Waals surface area contributed by atoms with Gasteiger partial charge in [0.1, 0.15) is 0 Å². The van der Waals surface area contributed by atoms with E-state index in [-0.39, 0.29) is 11.8 Å². The largest absolute Gasteiger partial charge is 0.411 e. The number of rotatable bonds is 6. The summed E-state index contributed by atoms with van der Waals surface area (Å²) in [6.07, 6.45) is 0.470. The summed E-state index contributed by atoms with van der Waals surface area (Å²) in [6.45, 7) is 0. The zero-order valence-electron chi connectivity index (χ0n) is 14.4. The van der Waals surface area contributed by atoms with Crippen LogP contribution in [0.1, 0.15) is 34.9 Å². The third-order valence-electron chi connectivity index (χ3n) is 4.57. The van der Waals surface area contributed by atoms with E-state index in [1.54, 1.807) is 0 Å². The fraction of sp³-hybridized carbons (Fsp3) is 0.130. The zero-order valence-corrected chi connectivity index (χ0v) is 14.4. The second kappa shape index (κ2) is 8.64. The molecule has 0 amide bonds. The average Bonchev–Trinajstić information content (AvgIpc) is 2.73. The van der Waals surface area contributed by atoms with Crippen LogP contribution in [0.3, 0.4) is 0 Å². The molecule has 2 atom stereocenters. The molecule has 3 nitrogen and oxygen atoms in total. The lowest BCUT2D eigenvalue weighted by molar-refractivity contribution is 0.317. The first-order valence-electron chi connectivity index (χ1n) is 8.59. The number of hydrogen-bond donors (Lipinski definition) is 1. The maximum Gasteiger partial charge on any atom is 0.0874 e. The topological polar surface area (TPSA) is 56.4 Å². The van der Waals surface area contributed by atoms with Gasteiger partial charge in [-0.25, -0.2) is 0 Å². The van der Waals surface area contributed by atoms with E-state index < -0.39 is 0 Å². The van der Waals surface area contributed by atoms with Crippen LogP contribution in [0.25, 0.3) is 0 Å². The average molecular weight is 340 g/mol. The summed E-state index contributed by atoms with van der Waals surface area (Å²) in [5.41, 5.74) is 3.46. The van der Waals surface area contributed by atoms with E-state index in [0.717, 1.165) is 16.7 Å².